The smallest absolute Gasteiger partial charge is 0.371 e. The number of piperidine rings is 2. The number of hydrogen-bond acceptors (Lipinski definition) is 8. The van der Waals surface area contributed by atoms with Crippen LogP contribution in [-0.2, 0) is 22.3 Å². The molecule has 4 saturated heterocycles. The fourth-order valence-electron chi connectivity index (χ4n) is 9.14. The number of nitrogens with one attached hydrogen (secondary N) is 1. The summed E-state index contributed by atoms with van der Waals surface area (Å²) in [6.07, 6.45) is 0.110. The first-order valence-electron chi connectivity index (χ1n) is 19.5. The van der Waals surface area contributed by atoms with Crippen molar-refractivity contribution in [2.45, 2.75) is 63.2 Å². The molecular weight excluding hydrogens is 708 g/mol. The summed E-state index contributed by atoms with van der Waals surface area (Å²) in [5, 5.41) is 11.5. The van der Waals surface area contributed by atoms with Crippen LogP contribution in [0.15, 0.2) is 60.7 Å². The minimum absolute atomic E-state index is 0.143. The van der Waals surface area contributed by atoms with Gasteiger partial charge in [-0.2, -0.15) is 18.4 Å². The van der Waals surface area contributed by atoms with Crippen LogP contribution in [0, 0.1) is 17.2 Å². The number of alkyl halides is 3. The molecule has 5 aliphatic rings. The lowest BCUT2D eigenvalue weighted by Crippen LogP contribution is -2.52. The number of carbonyl (C=O) groups is 3. The van der Waals surface area contributed by atoms with E-state index in [1.165, 1.54) is 23.7 Å². The number of hydrogen-bond donors (Lipinski definition) is 1. The van der Waals surface area contributed by atoms with Crippen LogP contribution in [-0.4, -0.2) is 92.5 Å². The summed E-state index contributed by atoms with van der Waals surface area (Å²) < 4.78 is 40.5. The first-order chi connectivity index (χ1) is 26.5. The first kappa shape index (κ1) is 36.9. The molecule has 3 amide bonds. The largest absolute Gasteiger partial charge is 0.417 e. The molecule has 3 aromatic carbocycles. The summed E-state index contributed by atoms with van der Waals surface area (Å²) in [6, 6.07) is 19.9. The number of rotatable bonds is 8. The third-order valence-electron chi connectivity index (χ3n) is 12.4. The van der Waals surface area contributed by atoms with Gasteiger partial charge in [0.05, 0.1) is 17.2 Å². The summed E-state index contributed by atoms with van der Waals surface area (Å²) >= 11 is 0. The summed E-state index contributed by atoms with van der Waals surface area (Å²) in [7, 11) is 0. The fourth-order valence-corrected chi connectivity index (χ4v) is 9.14. The summed E-state index contributed by atoms with van der Waals surface area (Å²) in [5.41, 5.74) is 4.50. The second kappa shape index (κ2) is 15.2. The van der Waals surface area contributed by atoms with Crippen molar-refractivity contribution in [3.8, 4) is 6.07 Å². The zero-order valence-corrected chi connectivity index (χ0v) is 30.9. The third-order valence-corrected chi connectivity index (χ3v) is 12.4. The molecule has 1 N–H and O–H groups in total. The average Bonchev–Trinajstić information content (AvgIpc) is 3.81. The highest BCUT2D eigenvalue weighted by Crippen LogP contribution is 2.37. The Balaban J connectivity index is 0.771. The number of carbonyl (C=O) groups excluding carboxylic acids is 3. The van der Waals surface area contributed by atoms with E-state index in [1.807, 2.05) is 17.0 Å². The number of amides is 3. The van der Waals surface area contributed by atoms with E-state index < -0.39 is 17.8 Å². The van der Waals surface area contributed by atoms with Crippen molar-refractivity contribution < 1.29 is 27.6 Å². The molecule has 0 spiro atoms. The molecule has 288 valence electrons. The molecule has 5 aliphatic heterocycles. The van der Waals surface area contributed by atoms with Crippen molar-refractivity contribution in [1.29, 1.82) is 5.26 Å². The quantitative estimate of drug-likeness (QED) is 0.290. The van der Waals surface area contributed by atoms with Crippen molar-refractivity contribution >= 4 is 34.8 Å². The predicted molar refractivity (Wildman–Crippen MR) is 203 cm³/mol. The lowest BCUT2D eigenvalue weighted by molar-refractivity contribution is -0.138. The van der Waals surface area contributed by atoms with Gasteiger partial charge in [0.25, 0.3) is 5.91 Å². The average molecular weight is 754 g/mol. The lowest BCUT2D eigenvalue weighted by atomic mass is 9.89. The minimum atomic E-state index is -4.56. The highest BCUT2D eigenvalue weighted by Gasteiger charge is 2.39. The van der Waals surface area contributed by atoms with E-state index in [0.717, 1.165) is 82.4 Å². The molecule has 13 heteroatoms. The molecule has 0 aromatic heterocycles. The Kier molecular flexibility index (Phi) is 10.2. The number of benzene rings is 3. The molecule has 2 unspecified atom stereocenters. The van der Waals surface area contributed by atoms with Gasteiger partial charge in [0.2, 0.25) is 11.8 Å². The summed E-state index contributed by atoms with van der Waals surface area (Å²) in [4.78, 5) is 48.1. The molecule has 5 heterocycles. The fraction of sp³-hybridized carbons (Fsp3) is 0.476. The third kappa shape index (κ3) is 7.74. The van der Waals surface area contributed by atoms with Crippen LogP contribution in [0.3, 0.4) is 0 Å². The minimum Gasteiger partial charge on any atom is -0.371 e. The standard InChI is InChI=1S/C42H46F3N7O3/c43-42(44,45)37-24-35(6-3-31(37)25-46)49-17-13-30(14-18-49)29-1-4-33(5-2-29)51-16-12-28(26-51)11-15-48-19-21-50(22-20-48)34-7-8-36-32(23-34)27-52(41(36)55)38-9-10-39(53)47-40(38)54/h1-8,23-24,28,30,38H,9-22,26-27H2,(H,47,53,54). The van der Waals surface area contributed by atoms with Gasteiger partial charge in [-0.3, -0.25) is 24.6 Å². The SMILES string of the molecule is N#Cc1ccc(N2CCC(c3ccc(N4CCC(CCN5CCN(c6ccc7c(c6)CN(C6CCC(=O)NC6=O)C7=O)CC5)C4)cc3)CC2)cc1C(F)(F)F. The van der Waals surface area contributed by atoms with Gasteiger partial charge in [-0.15, -0.1) is 0 Å². The van der Waals surface area contributed by atoms with E-state index in [1.54, 1.807) is 17.0 Å². The molecule has 10 nitrogen and oxygen atoms in total. The number of nitriles is 1. The van der Waals surface area contributed by atoms with Crippen molar-refractivity contribution in [1.82, 2.24) is 15.1 Å². The molecule has 2 atom stereocenters. The summed E-state index contributed by atoms with van der Waals surface area (Å²) in [6.45, 7) is 8.69. The number of anilines is 3. The Hall–Kier alpha value is -5.09. The Morgan fingerprint density at radius 3 is 2.15 bits per heavy atom. The maximum absolute atomic E-state index is 13.5. The van der Waals surface area contributed by atoms with E-state index in [2.05, 4.69) is 50.3 Å². The van der Waals surface area contributed by atoms with Gasteiger partial charge < -0.3 is 19.6 Å². The lowest BCUT2D eigenvalue weighted by Gasteiger charge is -2.36. The van der Waals surface area contributed by atoms with E-state index >= 15 is 0 Å². The van der Waals surface area contributed by atoms with Gasteiger partial charge in [-0.25, -0.2) is 0 Å². The van der Waals surface area contributed by atoms with Crippen LogP contribution in [0.4, 0.5) is 30.2 Å². The van der Waals surface area contributed by atoms with Crippen LogP contribution in [0.5, 0.6) is 0 Å². The molecule has 0 aliphatic carbocycles. The predicted octanol–water partition coefficient (Wildman–Crippen LogP) is 5.76. The highest BCUT2D eigenvalue weighted by molar-refractivity contribution is 6.05. The van der Waals surface area contributed by atoms with Crippen molar-refractivity contribution in [2.75, 3.05) is 73.6 Å². The Bertz CT molecular complexity index is 1980. The van der Waals surface area contributed by atoms with Crippen molar-refractivity contribution in [2.24, 2.45) is 5.92 Å². The number of nitrogens with zero attached hydrogens (tertiary/aromatic N) is 6. The molecule has 0 bridgehead atoms. The van der Waals surface area contributed by atoms with Gasteiger partial charge >= 0.3 is 6.18 Å². The number of fused-ring (bicyclic) bond motifs is 1. The molecule has 0 saturated carbocycles. The number of halogens is 3. The maximum atomic E-state index is 13.5. The Morgan fingerprint density at radius 2 is 1.44 bits per heavy atom. The monoisotopic (exact) mass is 753 g/mol. The van der Waals surface area contributed by atoms with E-state index in [4.69, 9.17) is 5.26 Å². The Labute approximate surface area is 319 Å². The van der Waals surface area contributed by atoms with E-state index in [0.29, 0.717) is 49.1 Å². The van der Waals surface area contributed by atoms with E-state index in [-0.39, 0.29) is 29.7 Å². The summed E-state index contributed by atoms with van der Waals surface area (Å²) in [5.74, 6) is 0.187. The molecule has 8 rings (SSSR count). The van der Waals surface area contributed by atoms with Crippen LogP contribution in [0.2, 0.25) is 0 Å². The molecule has 55 heavy (non-hydrogen) atoms. The molecule has 0 radical (unpaired) electrons. The topological polar surface area (TPSA) is 103 Å². The van der Waals surface area contributed by atoms with E-state index in [9.17, 15) is 27.6 Å². The van der Waals surface area contributed by atoms with Crippen LogP contribution in [0.25, 0.3) is 0 Å². The number of piperazine rings is 1. The molecule has 3 aromatic rings. The first-order valence-corrected chi connectivity index (χ1v) is 19.5. The second-order valence-corrected chi connectivity index (χ2v) is 15.7. The Morgan fingerprint density at radius 1 is 0.764 bits per heavy atom. The van der Waals surface area contributed by atoms with Crippen molar-refractivity contribution in [3.05, 3.63) is 88.5 Å². The van der Waals surface area contributed by atoms with Crippen molar-refractivity contribution in [3.63, 3.8) is 0 Å². The maximum Gasteiger partial charge on any atom is 0.417 e. The molecular formula is C42H46F3N7O3. The molecule has 4 fully saturated rings. The van der Waals surface area contributed by atoms with Gasteiger partial charge in [-0.1, -0.05) is 12.1 Å². The highest BCUT2D eigenvalue weighted by atomic mass is 19.4. The van der Waals surface area contributed by atoms with Gasteiger partial charge in [0, 0.05) is 87.9 Å². The van der Waals surface area contributed by atoms with Crippen LogP contribution in [0.1, 0.15) is 77.1 Å². The second-order valence-electron chi connectivity index (χ2n) is 15.7. The van der Waals surface area contributed by atoms with Crippen LogP contribution < -0.4 is 20.0 Å². The normalized spacial score (nSPS) is 22.6. The zero-order valence-electron chi connectivity index (χ0n) is 30.9. The van der Waals surface area contributed by atoms with Crippen LogP contribution >= 0.6 is 0 Å². The zero-order chi connectivity index (χ0) is 38.3. The van der Waals surface area contributed by atoms with Gasteiger partial charge in [0.1, 0.15) is 6.04 Å². The van der Waals surface area contributed by atoms with Gasteiger partial charge in [-0.05, 0) is 110 Å². The van der Waals surface area contributed by atoms with Gasteiger partial charge in [0.15, 0.2) is 0 Å². The number of imide groups is 1.